The maximum atomic E-state index is 11.9. The number of carbonyl (C=O) groups is 2. The van der Waals surface area contributed by atoms with Crippen LogP contribution in [0.4, 0.5) is 5.13 Å². The Kier molecular flexibility index (Phi) is 5.34. The van der Waals surface area contributed by atoms with Crippen molar-refractivity contribution in [3.8, 4) is 0 Å². The molecule has 0 aromatic carbocycles. The Bertz CT molecular complexity index is 469. The van der Waals surface area contributed by atoms with Crippen molar-refractivity contribution in [3.63, 3.8) is 0 Å². The zero-order valence-electron chi connectivity index (χ0n) is 11.4. The molecule has 1 saturated heterocycles. The van der Waals surface area contributed by atoms with Crippen LogP contribution >= 0.6 is 11.3 Å². The van der Waals surface area contributed by atoms with E-state index in [1.807, 2.05) is 4.90 Å². The lowest BCUT2D eigenvalue weighted by Crippen LogP contribution is -2.38. The lowest BCUT2D eigenvalue weighted by molar-refractivity contribution is -0.132. The molecule has 1 aromatic heterocycles. The predicted molar refractivity (Wildman–Crippen MR) is 78.3 cm³/mol. The number of nitrogen functional groups attached to an aromatic ring is 1. The van der Waals surface area contributed by atoms with Crippen LogP contribution in [0.1, 0.15) is 31.4 Å². The normalized spacial score (nSPS) is 15.1. The van der Waals surface area contributed by atoms with Crippen LogP contribution in [0.15, 0.2) is 5.38 Å². The summed E-state index contributed by atoms with van der Waals surface area (Å²) in [5.74, 6) is 0.00430. The molecule has 1 fully saturated rings. The van der Waals surface area contributed by atoms with E-state index < -0.39 is 0 Å². The van der Waals surface area contributed by atoms with Gasteiger partial charge in [-0.2, -0.15) is 0 Å². The maximum Gasteiger partial charge on any atom is 0.226 e. The molecule has 0 bridgehead atoms. The van der Waals surface area contributed by atoms with Crippen molar-refractivity contribution in [2.24, 2.45) is 0 Å². The summed E-state index contributed by atoms with van der Waals surface area (Å²) in [6.45, 7) is 2.09. The molecule has 2 rings (SSSR count). The number of carbonyl (C=O) groups excluding carboxylic acids is 2. The van der Waals surface area contributed by atoms with Gasteiger partial charge in [0.15, 0.2) is 5.13 Å². The Hall–Kier alpha value is -1.63. The number of piperidine rings is 1. The van der Waals surface area contributed by atoms with E-state index in [9.17, 15) is 9.59 Å². The Morgan fingerprint density at radius 1 is 1.35 bits per heavy atom. The van der Waals surface area contributed by atoms with Gasteiger partial charge in [-0.15, -0.1) is 11.3 Å². The van der Waals surface area contributed by atoms with Crippen molar-refractivity contribution in [2.45, 2.75) is 32.1 Å². The number of hydrogen-bond donors (Lipinski definition) is 2. The average molecular weight is 296 g/mol. The van der Waals surface area contributed by atoms with E-state index >= 15 is 0 Å². The van der Waals surface area contributed by atoms with Gasteiger partial charge in [0.05, 0.1) is 12.1 Å². The number of hydrogen-bond acceptors (Lipinski definition) is 5. The van der Waals surface area contributed by atoms with Crippen LogP contribution in [0.3, 0.4) is 0 Å². The smallest absolute Gasteiger partial charge is 0.226 e. The van der Waals surface area contributed by atoms with Crippen LogP contribution in [0.25, 0.3) is 0 Å². The molecular formula is C13H20N4O2S. The molecule has 6 nitrogen and oxygen atoms in total. The molecule has 20 heavy (non-hydrogen) atoms. The molecule has 3 N–H and O–H groups in total. The van der Waals surface area contributed by atoms with Crippen LogP contribution in [0.2, 0.25) is 0 Å². The molecule has 1 aliphatic heterocycles. The van der Waals surface area contributed by atoms with Gasteiger partial charge in [-0.05, 0) is 19.3 Å². The number of nitrogens with one attached hydrogen (secondary N) is 1. The first kappa shape index (κ1) is 14.8. The highest BCUT2D eigenvalue weighted by Crippen LogP contribution is 2.11. The molecule has 110 valence electrons. The predicted octanol–water partition coefficient (Wildman–Crippen LogP) is 0.787. The number of rotatable bonds is 5. The Balaban J connectivity index is 1.64. The maximum absolute atomic E-state index is 11.9. The first-order valence-corrected chi connectivity index (χ1v) is 7.77. The van der Waals surface area contributed by atoms with Crippen LogP contribution in [0.5, 0.6) is 0 Å². The van der Waals surface area contributed by atoms with Crippen molar-refractivity contribution < 1.29 is 9.59 Å². The number of thiazole rings is 1. The van der Waals surface area contributed by atoms with E-state index in [0.717, 1.165) is 25.9 Å². The van der Waals surface area contributed by atoms with Gasteiger partial charge in [-0.3, -0.25) is 9.59 Å². The van der Waals surface area contributed by atoms with Gasteiger partial charge in [0.1, 0.15) is 0 Å². The van der Waals surface area contributed by atoms with Crippen molar-refractivity contribution in [2.75, 3.05) is 25.4 Å². The van der Waals surface area contributed by atoms with Gasteiger partial charge < -0.3 is 16.0 Å². The second kappa shape index (κ2) is 7.23. The van der Waals surface area contributed by atoms with Crippen LogP contribution in [-0.4, -0.2) is 41.3 Å². The third-order valence-electron chi connectivity index (χ3n) is 3.28. The minimum atomic E-state index is -0.123. The highest BCUT2D eigenvalue weighted by molar-refractivity contribution is 7.13. The molecule has 0 saturated carbocycles. The molecule has 0 unspecified atom stereocenters. The second-order valence-electron chi connectivity index (χ2n) is 4.90. The minimum absolute atomic E-state index is 0.123. The summed E-state index contributed by atoms with van der Waals surface area (Å²) in [7, 11) is 0. The average Bonchev–Trinajstić information content (AvgIpc) is 2.85. The standard InChI is InChI=1S/C13H20N4O2S/c14-13-16-10(9-20-13)8-11(18)15-5-4-12(19)17-6-2-1-3-7-17/h9H,1-8H2,(H2,14,16)(H,15,18). The number of aromatic nitrogens is 1. The number of anilines is 1. The molecule has 0 radical (unpaired) electrons. The molecule has 1 aliphatic rings. The van der Waals surface area contributed by atoms with Gasteiger partial charge in [-0.1, -0.05) is 0 Å². The number of amides is 2. The first-order chi connectivity index (χ1) is 9.65. The monoisotopic (exact) mass is 296 g/mol. The molecule has 2 heterocycles. The summed E-state index contributed by atoms with van der Waals surface area (Å²) >= 11 is 1.32. The van der Waals surface area contributed by atoms with E-state index in [4.69, 9.17) is 5.73 Å². The second-order valence-corrected chi connectivity index (χ2v) is 5.78. The van der Waals surface area contributed by atoms with Crippen molar-refractivity contribution >= 4 is 28.3 Å². The molecular weight excluding hydrogens is 276 g/mol. The summed E-state index contributed by atoms with van der Waals surface area (Å²) in [4.78, 5) is 29.5. The molecule has 2 amide bonds. The van der Waals surface area contributed by atoms with Crippen LogP contribution in [-0.2, 0) is 16.0 Å². The van der Waals surface area contributed by atoms with Crippen molar-refractivity contribution in [3.05, 3.63) is 11.1 Å². The fraction of sp³-hybridized carbons (Fsp3) is 0.615. The van der Waals surface area contributed by atoms with Gasteiger partial charge >= 0.3 is 0 Å². The first-order valence-electron chi connectivity index (χ1n) is 6.89. The summed E-state index contributed by atoms with van der Waals surface area (Å²) in [6, 6.07) is 0. The lowest BCUT2D eigenvalue weighted by Gasteiger charge is -2.26. The molecule has 1 aromatic rings. The number of nitrogens with two attached hydrogens (primary N) is 1. The van der Waals surface area contributed by atoms with Crippen molar-refractivity contribution in [1.29, 1.82) is 0 Å². The van der Waals surface area contributed by atoms with Crippen molar-refractivity contribution in [1.82, 2.24) is 15.2 Å². The third-order valence-corrected chi connectivity index (χ3v) is 4.00. The highest BCUT2D eigenvalue weighted by Gasteiger charge is 2.16. The largest absolute Gasteiger partial charge is 0.375 e. The summed E-state index contributed by atoms with van der Waals surface area (Å²) < 4.78 is 0. The molecule has 0 aliphatic carbocycles. The zero-order chi connectivity index (χ0) is 14.4. The SMILES string of the molecule is Nc1nc(CC(=O)NCCC(=O)N2CCCCC2)cs1. The quantitative estimate of drug-likeness (QED) is 0.840. The molecule has 0 spiro atoms. The third kappa shape index (κ3) is 4.48. The van der Waals surface area contributed by atoms with E-state index in [-0.39, 0.29) is 18.2 Å². The van der Waals surface area contributed by atoms with Crippen LogP contribution < -0.4 is 11.1 Å². The highest BCUT2D eigenvalue weighted by atomic mass is 32.1. The summed E-state index contributed by atoms with van der Waals surface area (Å²) in [5, 5.41) is 4.99. The minimum Gasteiger partial charge on any atom is -0.375 e. The summed E-state index contributed by atoms with van der Waals surface area (Å²) in [6.07, 6.45) is 3.96. The lowest BCUT2D eigenvalue weighted by atomic mass is 10.1. The Labute approximate surface area is 122 Å². The Morgan fingerprint density at radius 2 is 2.10 bits per heavy atom. The number of likely N-dealkylation sites (tertiary alicyclic amines) is 1. The van der Waals surface area contributed by atoms with E-state index in [0.29, 0.717) is 23.8 Å². The number of nitrogens with zero attached hydrogens (tertiary/aromatic N) is 2. The van der Waals surface area contributed by atoms with Gasteiger partial charge in [0.25, 0.3) is 0 Å². The fourth-order valence-corrected chi connectivity index (χ4v) is 2.80. The van der Waals surface area contributed by atoms with E-state index in [1.165, 1.54) is 17.8 Å². The van der Waals surface area contributed by atoms with E-state index in [2.05, 4.69) is 10.3 Å². The topological polar surface area (TPSA) is 88.3 Å². The molecule has 0 atom stereocenters. The zero-order valence-corrected chi connectivity index (χ0v) is 12.2. The van der Waals surface area contributed by atoms with E-state index in [1.54, 1.807) is 5.38 Å². The Morgan fingerprint density at radius 3 is 2.75 bits per heavy atom. The van der Waals surface area contributed by atoms with Gasteiger partial charge in [0, 0.05) is 31.4 Å². The van der Waals surface area contributed by atoms with Gasteiger partial charge in [-0.25, -0.2) is 4.98 Å². The molecule has 7 heteroatoms. The summed E-state index contributed by atoms with van der Waals surface area (Å²) in [5.41, 5.74) is 6.18. The van der Waals surface area contributed by atoms with Gasteiger partial charge in [0.2, 0.25) is 11.8 Å². The van der Waals surface area contributed by atoms with Crippen LogP contribution in [0, 0.1) is 0 Å². The fourth-order valence-electron chi connectivity index (χ4n) is 2.24.